The Hall–Kier alpha value is -1.30. The van der Waals surface area contributed by atoms with Gasteiger partial charge in [-0.3, -0.25) is 0 Å². The predicted molar refractivity (Wildman–Crippen MR) is 98.2 cm³/mol. The summed E-state index contributed by atoms with van der Waals surface area (Å²) >= 11 is 9.76. The van der Waals surface area contributed by atoms with E-state index in [1.807, 2.05) is 35.7 Å². The van der Waals surface area contributed by atoms with Crippen LogP contribution in [0.2, 0.25) is 5.02 Å². The van der Waals surface area contributed by atoms with E-state index < -0.39 is 0 Å². The molecule has 2 aromatic carbocycles. The number of thioether (sulfide) groups is 2. The zero-order chi connectivity index (χ0) is 15.4. The van der Waals surface area contributed by atoms with Gasteiger partial charge in [-0.05, 0) is 42.0 Å². The van der Waals surface area contributed by atoms with Crippen LogP contribution in [0.3, 0.4) is 0 Å². The highest BCUT2D eigenvalue weighted by Crippen LogP contribution is 2.45. The smallest absolute Gasteiger partial charge is 0.308 e. The maximum Gasteiger partial charge on any atom is 0.323 e. The van der Waals surface area contributed by atoms with Crippen LogP contribution in [-0.4, -0.2) is 17.5 Å². The van der Waals surface area contributed by atoms with Crippen molar-refractivity contribution >= 4 is 52.5 Å². The minimum Gasteiger partial charge on any atom is -0.308 e. The molecule has 6 heteroatoms. The summed E-state index contributed by atoms with van der Waals surface area (Å²) in [5.74, 6) is 2.41. The Morgan fingerprint density at radius 3 is 1.95 bits per heavy atom. The topological polar surface area (TPSA) is 41.1 Å². The first-order chi connectivity index (χ1) is 10.7. The number of rotatable bonds is 3. The fourth-order valence-electron chi connectivity index (χ4n) is 2.10. The lowest BCUT2D eigenvalue weighted by Crippen LogP contribution is -2.19. The van der Waals surface area contributed by atoms with Crippen LogP contribution in [0, 0.1) is 0 Å². The van der Waals surface area contributed by atoms with Crippen LogP contribution in [-0.2, 0) is 0 Å². The van der Waals surface area contributed by atoms with Crippen molar-refractivity contribution in [3.8, 4) is 0 Å². The van der Waals surface area contributed by atoms with Crippen LogP contribution >= 0.6 is 35.1 Å². The number of hydrogen-bond donors (Lipinski definition) is 2. The molecule has 1 fully saturated rings. The number of carbonyl (C=O) groups is 1. The number of urea groups is 1. The summed E-state index contributed by atoms with van der Waals surface area (Å²) in [7, 11) is 0. The van der Waals surface area contributed by atoms with Gasteiger partial charge in [-0.15, -0.1) is 23.5 Å². The van der Waals surface area contributed by atoms with Gasteiger partial charge in [0, 0.05) is 27.9 Å². The molecule has 114 valence electrons. The quantitative estimate of drug-likeness (QED) is 0.771. The van der Waals surface area contributed by atoms with Crippen LogP contribution in [0.15, 0.2) is 48.5 Å². The highest BCUT2D eigenvalue weighted by molar-refractivity contribution is 8.19. The van der Waals surface area contributed by atoms with Crippen molar-refractivity contribution < 1.29 is 4.79 Å². The number of nitrogens with one attached hydrogen (secondary N) is 2. The second kappa shape index (κ2) is 7.31. The molecule has 1 aliphatic rings. The maximum atomic E-state index is 11.9. The highest BCUT2D eigenvalue weighted by Gasteiger charge is 2.17. The molecule has 0 saturated carbocycles. The summed E-state index contributed by atoms with van der Waals surface area (Å²) in [6, 6.07) is 14.8. The van der Waals surface area contributed by atoms with Gasteiger partial charge in [-0.2, -0.15) is 0 Å². The molecule has 1 heterocycles. The van der Waals surface area contributed by atoms with Gasteiger partial charge in [0.05, 0.1) is 4.58 Å². The van der Waals surface area contributed by atoms with E-state index in [-0.39, 0.29) is 6.03 Å². The van der Waals surface area contributed by atoms with Crippen LogP contribution < -0.4 is 10.6 Å². The summed E-state index contributed by atoms with van der Waals surface area (Å²) in [6.07, 6.45) is 0. The van der Waals surface area contributed by atoms with Crippen LogP contribution in [0.5, 0.6) is 0 Å². The maximum absolute atomic E-state index is 11.9. The Labute approximate surface area is 143 Å². The lowest BCUT2D eigenvalue weighted by molar-refractivity contribution is 0.262. The minimum atomic E-state index is -0.264. The molecule has 1 saturated heterocycles. The minimum absolute atomic E-state index is 0.264. The molecule has 3 rings (SSSR count). The van der Waals surface area contributed by atoms with E-state index in [0.717, 1.165) is 5.69 Å². The van der Waals surface area contributed by atoms with Gasteiger partial charge in [0.25, 0.3) is 0 Å². The Balaban J connectivity index is 1.57. The van der Waals surface area contributed by atoms with Crippen LogP contribution in [0.4, 0.5) is 16.2 Å². The van der Waals surface area contributed by atoms with Gasteiger partial charge in [0.15, 0.2) is 0 Å². The summed E-state index contributed by atoms with van der Waals surface area (Å²) in [5, 5.41) is 6.24. The summed E-state index contributed by atoms with van der Waals surface area (Å²) < 4.78 is 0.525. The van der Waals surface area contributed by atoms with E-state index in [1.165, 1.54) is 17.1 Å². The van der Waals surface area contributed by atoms with E-state index >= 15 is 0 Å². The van der Waals surface area contributed by atoms with Gasteiger partial charge < -0.3 is 10.6 Å². The van der Waals surface area contributed by atoms with Gasteiger partial charge in [-0.1, -0.05) is 23.7 Å². The third-order valence-electron chi connectivity index (χ3n) is 3.16. The summed E-state index contributed by atoms with van der Waals surface area (Å²) in [6.45, 7) is 0. The molecule has 0 aromatic heterocycles. The normalized spacial score (nSPS) is 14.8. The van der Waals surface area contributed by atoms with Crippen molar-refractivity contribution in [1.82, 2.24) is 0 Å². The Kier molecular flexibility index (Phi) is 5.18. The second-order valence-corrected chi connectivity index (χ2v) is 7.94. The van der Waals surface area contributed by atoms with Crippen molar-refractivity contribution in [2.24, 2.45) is 0 Å². The first-order valence-corrected chi connectivity index (χ1v) is 9.35. The zero-order valence-corrected chi connectivity index (χ0v) is 14.1. The van der Waals surface area contributed by atoms with E-state index in [9.17, 15) is 4.79 Å². The first kappa shape index (κ1) is 15.6. The number of anilines is 2. The third-order valence-corrected chi connectivity index (χ3v) is 6.52. The Bertz CT molecular complexity index is 640. The second-order valence-electron chi connectivity index (χ2n) is 4.78. The average Bonchev–Trinajstić information content (AvgIpc) is 3.05. The molecule has 0 atom stereocenters. The largest absolute Gasteiger partial charge is 0.323 e. The van der Waals surface area contributed by atoms with Crippen LogP contribution in [0.1, 0.15) is 10.1 Å². The molecule has 1 aliphatic heterocycles. The lowest BCUT2D eigenvalue weighted by atomic mass is 10.2. The Morgan fingerprint density at radius 1 is 0.909 bits per heavy atom. The molecular formula is C16H15ClN2OS2. The van der Waals surface area contributed by atoms with Gasteiger partial charge in [0.1, 0.15) is 0 Å². The molecule has 0 unspecified atom stereocenters. The molecule has 2 aromatic rings. The van der Waals surface area contributed by atoms with Crippen LogP contribution in [0.25, 0.3) is 0 Å². The van der Waals surface area contributed by atoms with E-state index in [1.54, 1.807) is 24.3 Å². The predicted octanol–water partition coefficient (Wildman–Crippen LogP) is 5.46. The standard InChI is InChI=1S/C16H15ClN2OS2/c17-12-3-7-14(8-4-12)19-16(20)18-13-5-1-11(2-6-13)15-21-9-10-22-15/h1-8,15H,9-10H2,(H2,18,19,20). The van der Waals surface area contributed by atoms with Gasteiger partial charge >= 0.3 is 6.03 Å². The fraction of sp³-hybridized carbons (Fsp3) is 0.188. The third kappa shape index (κ3) is 4.12. The number of hydrogen-bond acceptors (Lipinski definition) is 3. The lowest BCUT2D eigenvalue weighted by Gasteiger charge is -2.11. The van der Waals surface area contributed by atoms with Crippen molar-refractivity contribution in [3.63, 3.8) is 0 Å². The average molecular weight is 351 g/mol. The Morgan fingerprint density at radius 2 is 1.41 bits per heavy atom. The van der Waals surface area contributed by atoms with Crippen molar-refractivity contribution in [2.75, 3.05) is 22.1 Å². The fourth-order valence-corrected chi connectivity index (χ4v) is 5.09. The molecule has 0 aliphatic carbocycles. The molecule has 2 amide bonds. The number of halogens is 1. The molecule has 3 nitrogen and oxygen atoms in total. The molecular weight excluding hydrogens is 336 g/mol. The highest BCUT2D eigenvalue weighted by atomic mass is 35.5. The van der Waals surface area contributed by atoms with E-state index in [4.69, 9.17) is 11.6 Å². The number of benzene rings is 2. The van der Waals surface area contributed by atoms with E-state index in [2.05, 4.69) is 22.8 Å². The van der Waals surface area contributed by atoms with Gasteiger partial charge in [-0.25, -0.2) is 4.79 Å². The van der Waals surface area contributed by atoms with Gasteiger partial charge in [0.2, 0.25) is 0 Å². The molecule has 0 bridgehead atoms. The number of carbonyl (C=O) groups excluding carboxylic acids is 1. The monoisotopic (exact) mass is 350 g/mol. The molecule has 0 radical (unpaired) electrons. The van der Waals surface area contributed by atoms with Crippen molar-refractivity contribution in [2.45, 2.75) is 4.58 Å². The van der Waals surface area contributed by atoms with Crippen molar-refractivity contribution in [3.05, 3.63) is 59.1 Å². The molecule has 2 N–H and O–H groups in total. The number of amides is 2. The summed E-state index contributed by atoms with van der Waals surface area (Å²) in [4.78, 5) is 11.9. The molecule has 0 spiro atoms. The van der Waals surface area contributed by atoms with Crippen molar-refractivity contribution in [1.29, 1.82) is 0 Å². The zero-order valence-electron chi connectivity index (χ0n) is 11.7. The SMILES string of the molecule is O=C(Nc1ccc(Cl)cc1)Nc1ccc(C2SCCS2)cc1. The van der Waals surface area contributed by atoms with E-state index in [0.29, 0.717) is 15.3 Å². The molecule has 22 heavy (non-hydrogen) atoms. The first-order valence-electron chi connectivity index (χ1n) is 6.87. The summed E-state index contributed by atoms with van der Waals surface area (Å²) in [5.41, 5.74) is 2.79.